The largest absolute Gasteiger partial charge is 0.481 e. The third kappa shape index (κ3) is 1.85. The van der Waals surface area contributed by atoms with Crippen molar-refractivity contribution in [1.29, 1.82) is 0 Å². The van der Waals surface area contributed by atoms with Crippen LogP contribution >= 0.6 is 0 Å². The lowest BCUT2D eigenvalue weighted by Crippen LogP contribution is -1.96. The summed E-state index contributed by atoms with van der Waals surface area (Å²) in [5, 5.41) is 7.74. The number of rotatable bonds is 2. The number of ether oxygens (including phenoxy) is 1. The molecule has 2 N–H and O–H groups in total. The predicted octanol–water partition coefficient (Wildman–Crippen LogP) is 1.13. The Morgan fingerprint density at radius 3 is 2.73 bits per heavy atom. The number of hydrogen-bond acceptors (Lipinski definition) is 5. The molecule has 2 aromatic rings. The van der Waals surface area contributed by atoms with Crippen LogP contribution in [-0.2, 0) is 0 Å². The Morgan fingerprint density at radius 1 is 1.20 bits per heavy atom. The number of hydrogen-bond donors (Lipinski definition) is 1. The van der Waals surface area contributed by atoms with E-state index < -0.39 is 0 Å². The minimum absolute atomic E-state index is 0.390. The Bertz CT molecular complexity index is 455. The SMILES string of the molecule is COc1ncccc1-c1ccc(N)nn1. The van der Waals surface area contributed by atoms with Gasteiger partial charge >= 0.3 is 0 Å². The van der Waals surface area contributed by atoms with Gasteiger partial charge in [0.2, 0.25) is 5.88 Å². The molecule has 0 saturated carbocycles. The number of pyridine rings is 1. The molecule has 0 saturated heterocycles. The van der Waals surface area contributed by atoms with Crippen LogP contribution in [0.25, 0.3) is 11.3 Å². The molecule has 0 spiro atoms. The highest BCUT2D eigenvalue weighted by Gasteiger charge is 2.07. The highest BCUT2D eigenvalue weighted by Crippen LogP contribution is 2.24. The van der Waals surface area contributed by atoms with Crippen LogP contribution in [0.5, 0.6) is 5.88 Å². The van der Waals surface area contributed by atoms with E-state index >= 15 is 0 Å². The summed E-state index contributed by atoms with van der Waals surface area (Å²) in [5.74, 6) is 0.915. The molecule has 0 bridgehead atoms. The number of methoxy groups -OCH3 is 1. The first-order valence-corrected chi connectivity index (χ1v) is 4.40. The van der Waals surface area contributed by atoms with Crippen LogP contribution in [0.2, 0.25) is 0 Å². The molecule has 2 heterocycles. The molecule has 5 heteroatoms. The molecule has 0 radical (unpaired) electrons. The van der Waals surface area contributed by atoms with Crippen molar-refractivity contribution in [2.45, 2.75) is 0 Å². The van der Waals surface area contributed by atoms with Gasteiger partial charge in [0, 0.05) is 6.20 Å². The fourth-order valence-corrected chi connectivity index (χ4v) is 1.23. The van der Waals surface area contributed by atoms with Gasteiger partial charge in [0.25, 0.3) is 0 Å². The standard InChI is InChI=1S/C10H10N4O/c1-15-10-7(3-2-6-12-10)8-4-5-9(11)14-13-8/h2-6H,1H3,(H2,11,14). The Hall–Kier alpha value is -2.17. The summed E-state index contributed by atoms with van der Waals surface area (Å²) >= 11 is 0. The summed E-state index contributed by atoms with van der Waals surface area (Å²) in [5.41, 5.74) is 6.94. The number of anilines is 1. The molecule has 76 valence electrons. The molecule has 0 aliphatic rings. The first-order valence-electron chi connectivity index (χ1n) is 4.40. The van der Waals surface area contributed by atoms with Crippen molar-refractivity contribution in [3.8, 4) is 17.1 Å². The van der Waals surface area contributed by atoms with Crippen LogP contribution in [0.3, 0.4) is 0 Å². The molecule has 0 fully saturated rings. The fraction of sp³-hybridized carbons (Fsp3) is 0.100. The normalized spacial score (nSPS) is 9.93. The van der Waals surface area contributed by atoms with Crippen molar-refractivity contribution < 1.29 is 4.74 Å². The van der Waals surface area contributed by atoms with E-state index in [0.29, 0.717) is 17.4 Å². The van der Waals surface area contributed by atoms with Crippen molar-refractivity contribution in [1.82, 2.24) is 15.2 Å². The third-order valence-electron chi connectivity index (χ3n) is 1.93. The Kier molecular flexibility index (Phi) is 2.45. The van der Waals surface area contributed by atoms with E-state index in [-0.39, 0.29) is 0 Å². The van der Waals surface area contributed by atoms with Crippen LogP contribution in [0, 0.1) is 0 Å². The molecule has 0 amide bonds. The van der Waals surface area contributed by atoms with E-state index in [1.165, 1.54) is 0 Å². The molecule has 0 atom stereocenters. The molecule has 2 rings (SSSR count). The number of nitrogens with two attached hydrogens (primary N) is 1. The van der Waals surface area contributed by atoms with Crippen molar-refractivity contribution in [2.75, 3.05) is 12.8 Å². The van der Waals surface area contributed by atoms with Gasteiger partial charge in [-0.2, -0.15) is 0 Å². The summed E-state index contributed by atoms with van der Waals surface area (Å²) < 4.78 is 5.12. The van der Waals surface area contributed by atoms with Gasteiger partial charge < -0.3 is 10.5 Å². The Balaban J connectivity index is 2.49. The molecular weight excluding hydrogens is 192 g/mol. The van der Waals surface area contributed by atoms with Crippen LogP contribution in [0.15, 0.2) is 30.5 Å². The second-order valence-corrected chi connectivity index (χ2v) is 2.90. The lowest BCUT2D eigenvalue weighted by molar-refractivity contribution is 0.399. The van der Waals surface area contributed by atoms with Crippen LogP contribution < -0.4 is 10.5 Å². The molecular formula is C10H10N4O. The predicted molar refractivity (Wildman–Crippen MR) is 56.2 cm³/mol. The summed E-state index contributed by atoms with van der Waals surface area (Å²) in [7, 11) is 1.57. The highest BCUT2D eigenvalue weighted by molar-refractivity contribution is 5.64. The van der Waals surface area contributed by atoms with Gasteiger partial charge in [-0.05, 0) is 24.3 Å². The quantitative estimate of drug-likeness (QED) is 0.790. The van der Waals surface area contributed by atoms with Gasteiger partial charge in [0.15, 0.2) is 0 Å². The number of nitrogen functional groups attached to an aromatic ring is 1. The monoisotopic (exact) mass is 202 g/mol. The third-order valence-corrected chi connectivity index (χ3v) is 1.93. The minimum atomic E-state index is 0.390. The second-order valence-electron chi connectivity index (χ2n) is 2.90. The molecule has 0 aromatic carbocycles. The topological polar surface area (TPSA) is 73.9 Å². The van der Waals surface area contributed by atoms with Crippen LogP contribution in [-0.4, -0.2) is 22.3 Å². The number of nitrogens with zero attached hydrogens (tertiary/aromatic N) is 3. The summed E-state index contributed by atoms with van der Waals surface area (Å²) in [6.07, 6.45) is 1.66. The maximum Gasteiger partial charge on any atom is 0.222 e. The molecule has 2 aromatic heterocycles. The van der Waals surface area contributed by atoms with E-state index in [9.17, 15) is 0 Å². The van der Waals surface area contributed by atoms with Crippen LogP contribution in [0.1, 0.15) is 0 Å². The zero-order valence-corrected chi connectivity index (χ0v) is 8.21. The van der Waals surface area contributed by atoms with E-state index in [2.05, 4.69) is 15.2 Å². The average molecular weight is 202 g/mol. The maximum absolute atomic E-state index is 5.45. The van der Waals surface area contributed by atoms with E-state index in [1.807, 2.05) is 12.1 Å². The molecule has 0 unspecified atom stereocenters. The average Bonchev–Trinajstić information content (AvgIpc) is 2.30. The smallest absolute Gasteiger partial charge is 0.222 e. The van der Waals surface area contributed by atoms with Gasteiger partial charge in [-0.1, -0.05) is 0 Å². The van der Waals surface area contributed by atoms with Crippen molar-refractivity contribution in [2.24, 2.45) is 0 Å². The zero-order chi connectivity index (χ0) is 10.7. The lowest BCUT2D eigenvalue weighted by Gasteiger charge is -2.05. The first kappa shape index (κ1) is 9.39. The van der Waals surface area contributed by atoms with Gasteiger partial charge in [-0.3, -0.25) is 0 Å². The lowest BCUT2D eigenvalue weighted by atomic mass is 10.2. The van der Waals surface area contributed by atoms with Crippen molar-refractivity contribution in [3.05, 3.63) is 30.5 Å². The fourth-order valence-electron chi connectivity index (χ4n) is 1.23. The van der Waals surface area contributed by atoms with Crippen molar-refractivity contribution in [3.63, 3.8) is 0 Å². The van der Waals surface area contributed by atoms with Crippen molar-refractivity contribution >= 4 is 5.82 Å². The minimum Gasteiger partial charge on any atom is -0.481 e. The first-order chi connectivity index (χ1) is 7.31. The molecule has 15 heavy (non-hydrogen) atoms. The Morgan fingerprint density at radius 2 is 2.07 bits per heavy atom. The molecule has 5 nitrogen and oxygen atoms in total. The highest BCUT2D eigenvalue weighted by atomic mass is 16.5. The van der Waals surface area contributed by atoms with Gasteiger partial charge in [0.05, 0.1) is 18.4 Å². The van der Waals surface area contributed by atoms with E-state index in [1.54, 1.807) is 25.4 Å². The van der Waals surface area contributed by atoms with Gasteiger partial charge in [0.1, 0.15) is 5.82 Å². The number of aromatic nitrogens is 3. The van der Waals surface area contributed by atoms with Crippen LogP contribution in [0.4, 0.5) is 5.82 Å². The maximum atomic E-state index is 5.45. The summed E-state index contributed by atoms with van der Waals surface area (Å²) in [6, 6.07) is 7.15. The molecule has 0 aliphatic heterocycles. The van der Waals surface area contributed by atoms with E-state index in [0.717, 1.165) is 5.56 Å². The van der Waals surface area contributed by atoms with E-state index in [4.69, 9.17) is 10.5 Å². The summed E-state index contributed by atoms with van der Waals surface area (Å²) in [4.78, 5) is 4.07. The zero-order valence-electron chi connectivity index (χ0n) is 8.21. The second kappa shape index (κ2) is 3.91. The van der Waals surface area contributed by atoms with Gasteiger partial charge in [-0.15, -0.1) is 10.2 Å². The summed E-state index contributed by atoms with van der Waals surface area (Å²) in [6.45, 7) is 0. The molecule has 0 aliphatic carbocycles. The van der Waals surface area contributed by atoms with Gasteiger partial charge in [-0.25, -0.2) is 4.98 Å². The Labute approximate surface area is 86.9 Å².